The van der Waals surface area contributed by atoms with Gasteiger partial charge in [0.05, 0.1) is 11.8 Å². The highest BCUT2D eigenvalue weighted by molar-refractivity contribution is 8.00. The molecule has 0 amide bonds. The van der Waals surface area contributed by atoms with Crippen LogP contribution in [-0.4, -0.2) is 30.1 Å². The first-order valence-corrected chi connectivity index (χ1v) is 9.08. The molecule has 0 aliphatic rings. The maximum Gasteiger partial charge on any atom is 0.329 e. The van der Waals surface area contributed by atoms with Crippen LogP contribution in [0.2, 0.25) is 0 Å². The smallest absolute Gasteiger partial charge is 0.309 e. The normalized spacial score (nSPS) is 12.5. The summed E-state index contributed by atoms with van der Waals surface area (Å²) in [7, 11) is 1.56. The van der Waals surface area contributed by atoms with E-state index in [0.717, 1.165) is 11.1 Å². The average molecular weight is 372 g/mol. The fourth-order valence-electron chi connectivity index (χ4n) is 2.57. The molecule has 0 unspecified atom stereocenters. The molecule has 0 bridgehead atoms. The van der Waals surface area contributed by atoms with Crippen molar-refractivity contribution in [3.05, 3.63) is 56.2 Å². The van der Waals surface area contributed by atoms with Crippen LogP contribution in [0.3, 0.4) is 0 Å². The van der Waals surface area contributed by atoms with E-state index in [1.54, 1.807) is 18.5 Å². The standard InChI is InChI=1S/C18H20N4O3S/c1-10-5-7-13(8-6-10)9-22-14-15(21(4)17(25)20-16(14)24)19-18(22)26-12(3)11(2)23/h5-8,12H,9H2,1-4H3,(H,20,24,25)/t12-/m1/s1. The molecule has 0 aliphatic carbocycles. The average Bonchev–Trinajstić information content (AvgIpc) is 2.93. The Hall–Kier alpha value is -2.61. The summed E-state index contributed by atoms with van der Waals surface area (Å²) in [6.07, 6.45) is 0. The van der Waals surface area contributed by atoms with Crippen molar-refractivity contribution in [2.75, 3.05) is 0 Å². The van der Waals surface area contributed by atoms with Gasteiger partial charge in [0, 0.05) is 7.05 Å². The van der Waals surface area contributed by atoms with Crippen LogP contribution < -0.4 is 11.2 Å². The molecule has 7 nitrogen and oxygen atoms in total. The molecule has 0 radical (unpaired) electrons. The van der Waals surface area contributed by atoms with Gasteiger partial charge in [-0.1, -0.05) is 41.6 Å². The van der Waals surface area contributed by atoms with Crippen molar-refractivity contribution >= 4 is 28.7 Å². The first-order valence-electron chi connectivity index (χ1n) is 8.20. The van der Waals surface area contributed by atoms with Crippen LogP contribution in [-0.2, 0) is 18.4 Å². The third-order valence-electron chi connectivity index (χ3n) is 4.29. The first kappa shape index (κ1) is 18.2. The maximum atomic E-state index is 12.4. The number of aryl methyl sites for hydroxylation is 2. The van der Waals surface area contributed by atoms with E-state index < -0.39 is 11.2 Å². The SMILES string of the molecule is CC(=O)[C@@H](C)Sc1nc2c(c(=O)[nH]c(=O)n2C)n1Cc1ccc(C)cc1. The number of nitrogens with one attached hydrogen (secondary N) is 1. The van der Waals surface area contributed by atoms with Crippen molar-refractivity contribution in [1.29, 1.82) is 0 Å². The van der Waals surface area contributed by atoms with E-state index in [0.29, 0.717) is 22.9 Å². The van der Waals surface area contributed by atoms with Gasteiger partial charge in [-0.2, -0.15) is 0 Å². The van der Waals surface area contributed by atoms with Crippen LogP contribution in [0.5, 0.6) is 0 Å². The summed E-state index contributed by atoms with van der Waals surface area (Å²) in [5.74, 6) is 0.0201. The number of imidazole rings is 1. The van der Waals surface area contributed by atoms with Crippen LogP contribution in [0.25, 0.3) is 11.2 Å². The number of benzene rings is 1. The van der Waals surface area contributed by atoms with E-state index in [1.165, 1.54) is 23.3 Å². The Morgan fingerprint density at radius 1 is 1.27 bits per heavy atom. The minimum Gasteiger partial charge on any atom is -0.309 e. The van der Waals surface area contributed by atoms with Crippen molar-refractivity contribution in [3.8, 4) is 0 Å². The lowest BCUT2D eigenvalue weighted by atomic mass is 10.1. The number of aromatic nitrogens is 4. The van der Waals surface area contributed by atoms with Gasteiger partial charge in [-0.25, -0.2) is 9.78 Å². The predicted octanol–water partition coefficient (Wildman–Crippen LogP) is 1.85. The van der Waals surface area contributed by atoms with E-state index in [2.05, 4.69) is 9.97 Å². The molecule has 26 heavy (non-hydrogen) atoms. The van der Waals surface area contributed by atoms with Crippen molar-refractivity contribution in [1.82, 2.24) is 19.1 Å². The summed E-state index contributed by atoms with van der Waals surface area (Å²) >= 11 is 1.28. The first-order chi connectivity index (χ1) is 12.3. The highest BCUT2D eigenvalue weighted by Gasteiger charge is 2.21. The number of Topliss-reactive ketones (excluding diaryl/α,β-unsaturated/α-hetero) is 1. The fraction of sp³-hybridized carbons (Fsp3) is 0.333. The van der Waals surface area contributed by atoms with Crippen LogP contribution >= 0.6 is 11.8 Å². The van der Waals surface area contributed by atoms with Gasteiger partial charge in [-0.3, -0.25) is 19.1 Å². The molecule has 2 heterocycles. The number of nitrogens with zero attached hydrogens (tertiary/aromatic N) is 3. The second-order valence-corrected chi connectivity index (χ2v) is 7.64. The van der Waals surface area contributed by atoms with Crippen molar-refractivity contribution in [2.45, 2.75) is 37.7 Å². The van der Waals surface area contributed by atoms with E-state index in [4.69, 9.17) is 0 Å². The summed E-state index contributed by atoms with van der Waals surface area (Å²) in [6, 6.07) is 7.97. The second-order valence-electron chi connectivity index (χ2n) is 6.33. The zero-order valence-electron chi connectivity index (χ0n) is 15.1. The number of H-pyrrole nitrogens is 1. The molecule has 0 aliphatic heterocycles. The number of hydrogen-bond donors (Lipinski definition) is 1. The summed E-state index contributed by atoms with van der Waals surface area (Å²) in [5, 5.41) is 0.231. The molecule has 0 fully saturated rings. The Morgan fingerprint density at radius 2 is 1.92 bits per heavy atom. The van der Waals surface area contributed by atoms with E-state index in [1.807, 2.05) is 31.2 Å². The molecule has 0 saturated heterocycles. The Kier molecular flexibility index (Phi) is 4.86. The Bertz CT molecular complexity index is 1090. The van der Waals surface area contributed by atoms with Gasteiger partial charge in [0.2, 0.25) is 0 Å². The Labute approximate surface area is 154 Å². The number of ketones is 1. The van der Waals surface area contributed by atoms with Crippen molar-refractivity contribution in [2.24, 2.45) is 7.05 Å². The lowest BCUT2D eigenvalue weighted by Crippen LogP contribution is -2.29. The van der Waals surface area contributed by atoms with Gasteiger partial charge < -0.3 is 4.57 Å². The molecule has 1 atom stereocenters. The molecule has 3 aromatic rings. The van der Waals surface area contributed by atoms with Gasteiger partial charge in [0.1, 0.15) is 5.78 Å². The van der Waals surface area contributed by atoms with Crippen LogP contribution in [0.15, 0.2) is 39.0 Å². The summed E-state index contributed by atoms with van der Waals surface area (Å²) in [5.41, 5.74) is 1.78. The second kappa shape index (κ2) is 6.95. The lowest BCUT2D eigenvalue weighted by molar-refractivity contribution is -0.116. The molecular formula is C18H20N4O3S. The quantitative estimate of drug-likeness (QED) is 0.691. The largest absolute Gasteiger partial charge is 0.329 e. The molecule has 2 aromatic heterocycles. The number of rotatable bonds is 5. The zero-order chi connectivity index (χ0) is 19.0. The van der Waals surface area contributed by atoms with Gasteiger partial charge in [-0.15, -0.1) is 0 Å². The number of hydrogen-bond acceptors (Lipinski definition) is 5. The van der Waals surface area contributed by atoms with Gasteiger partial charge in [0.25, 0.3) is 5.56 Å². The van der Waals surface area contributed by atoms with Gasteiger partial charge in [0.15, 0.2) is 16.3 Å². The Balaban J connectivity index is 2.20. The molecule has 0 saturated carbocycles. The number of carbonyl (C=O) groups excluding carboxylic acids is 1. The van der Waals surface area contributed by atoms with Crippen molar-refractivity contribution in [3.63, 3.8) is 0 Å². The third-order valence-corrected chi connectivity index (χ3v) is 5.50. The minimum atomic E-state index is -0.515. The van der Waals surface area contributed by atoms with Crippen LogP contribution in [0.1, 0.15) is 25.0 Å². The van der Waals surface area contributed by atoms with Crippen LogP contribution in [0, 0.1) is 6.92 Å². The molecule has 1 aromatic carbocycles. The highest BCUT2D eigenvalue weighted by atomic mass is 32.2. The monoisotopic (exact) mass is 372 g/mol. The highest BCUT2D eigenvalue weighted by Crippen LogP contribution is 2.26. The predicted molar refractivity (Wildman–Crippen MR) is 102 cm³/mol. The van der Waals surface area contributed by atoms with E-state index >= 15 is 0 Å². The number of thioether (sulfide) groups is 1. The van der Waals surface area contributed by atoms with Crippen molar-refractivity contribution < 1.29 is 4.79 Å². The fourth-order valence-corrected chi connectivity index (χ4v) is 3.47. The summed E-state index contributed by atoms with van der Waals surface area (Å²) in [6.45, 7) is 5.75. The lowest BCUT2D eigenvalue weighted by Gasteiger charge is -2.11. The molecule has 8 heteroatoms. The van der Waals surface area contributed by atoms with E-state index in [-0.39, 0.29) is 11.0 Å². The maximum absolute atomic E-state index is 12.4. The zero-order valence-corrected chi connectivity index (χ0v) is 15.9. The number of fused-ring (bicyclic) bond motifs is 1. The summed E-state index contributed by atoms with van der Waals surface area (Å²) in [4.78, 5) is 42.8. The van der Waals surface area contributed by atoms with E-state index in [9.17, 15) is 14.4 Å². The van der Waals surface area contributed by atoms with Crippen LogP contribution in [0.4, 0.5) is 0 Å². The number of aromatic amines is 1. The van der Waals surface area contributed by atoms with Gasteiger partial charge >= 0.3 is 5.69 Å². The molecule has 3 rings (SSSR count). The van der Waals surface area contributed by atoms with Gasteiger partial charge in [-0.05, 0) is 26.3 Å². The summed E-state index contributed by atoms with van der Waals surface area (Å²) < 4.78 is 3.08. The molecule has 136 valence electrons. The molecule has 0 spiro atoms. The minimum absolute atomic E-state index is 0.0201. The molecular weight excluding hydrogens is 352 g/mol. The molecule has 1 N–H and O–H groups in total. The third kappa shape index (κ3) is 3.37. The Morgan fingerprint density at radius 3 is 2.54 bits per heavy atom. The topological polar surface area (TPSA) is 89.8 Å². The number of carbonyl (C=O) groups is 1.